The number of aromatic nitrogens is 1. The van der Waals surface area contributed by atoms with Crippen LogP contribution in [-0.4, -0.2) is 34.8 Å². The van der Waals surface area contributed by atoms with Gasteiger partial charge in [-0.05, 0) is 78.9 Å². The van der Waals surface area contributed by atoms with Gasteiger partial charge in [0.1, 0.15) is 5.69 Å². The van der Waals surface area contributed by atoms with Crippen LogP contribution in [0.25, 0.3) is 0 Å². The Kier molecular flexibility index (Phi) is 7.54. The third-order valence-electron chi connectivity index (χ3n) is 6.13. The average molecular weight is 502 g/mol. The van der Waals surface area contributed by atoms with Gasteiger partial charge in [-0.1, -0.05) is 12.1 Å². The molecule has 1 fully saturated rings. The summed E-state index contributed by atoms with van der Waals surface area (Å²) in [4.78, 5) is 31.2. The normalized spacial score (nSPS) is 14.7. The van der Waals surface area contributed by atoms with E-state index in [0.29, 0.717) is 19.5 Å². The summed E-state index contributed by atoms with van der Waals surface area (Å²) in [5, 5.41) is 5.02. The van der Waals surface area contributed by atoms with Crippen LogP contribution in [0.4, 0.5) is 18.9 Å². The number of pyridine rings is 1. The quantitative estimate of drug-likeness (QED) is 0.447. The first kappa shape index (κ1) is 24.9. The fraction of sp³-hybridized carbons (Fsp3) is 0.346. The van der Waals surface area contributed by atoms with E-state index in [1.807, 2.05) is 31.2 Å². The zero-order chi connectivity index (χ0) is 25.0. The largest absolute Gasteiger partial charge is 0.433 e. The standard InChI is InChI=1S/C26H26F3N3O2S/c1-17-14-22(35-16-17)7-9-24(33)31-21-5-2-18(3-6-21)19-10-12-32(13-11-19)25(34)20-4-8-23(30-15-20)26(27,28)29/h2-6,8,14-16,19H,7,9-13H2,1H3,(H,31,33). The molecule has 0 atom stereocenters. The van der Waals surface area contributed by atoms with Crippen LogP contribution in [0.3, 0.4) is 0 Å². The molecular formula is C26H26F3N3O2S. The van der Waals surface area contributed by atoms with Crippen molar-refractivity contribution in [2.45, 2.75) is 44.7 Å². The second-order valence-electron chi connectivity index (χ2n) is 8.76. The van der Waals surface area contributed by atoms with Crippen LogP contribution in [0.5, 0.6) is 0 Å². The number of likely N-dealkylation sites (tertiary alicyclic amines) is 1. The molecule has 1 N–H and O–H groups in total. The van der Waals surface area contributed by atoms with Crippen LogP contribution < -0.4 is 5.32 Å². The molecule has 2 aromatic heterocycles. The van der Waals surface area contributed by atoms with Gasteiger partial charge in [0.2, 0.25) is 5.91 Å². The van der Waals surface area contributed by atoms with Gasteiger partial charge in [-0.3, -0.25) is 14.6 Å². The molecule has 0 spiro atoms. The first-order chi connectivity index (χ1) is 16.7. The van der Waals surface area contributed by atoms with Gasteiger partial charge < -0.3 is 10.2 Å². The summed E-state index contributed by atoms with van der Waals surface area (Å²) in [6.07, 6.45) is -0.865. The molecule has 1 aliphatic rings. The number of halogens is 3. The van der Waals surface area contributed by atoms with E-state index < -0.39 is 11.9 Å². The van der Waals surface area contributed by atoms with Crippen LogP contribution in [-0.2, 0) is 17.4 Å². The molecule has 0 aliphatic carbocycles. The predicted molar refractivity (Wildman–Crippen MR) is 130 cm³/mol. The summed E-state index contributed by atoms with van der Waals surface area (Å²) in [5.74, 6) is -0.0505. The molecule has 4 rings (SSSR count). The highest BCUT2D eigenvalue weighted by Crippen LogP contribution is 2.30. The van der Waals surface area contributed by atoms with E-state index in [9.17, 15) is 22.8 Å². The van der Waals surface area contributed by atoms with E-state index in [2.05, 4.69) is 21.7 Å². The monoisotopic (exact) mass is 501 g/mol. The fourth-order valence-electron chi connectivity index (χ4n) is 4.21. The summed E-state index contributed by atoms with van der Waals surface area (Å²) in [7, 11) is 0. The van der Waals surface area contributed by atoms with E-state index in [0.717, 1.165) is 42.8 Å². The van der Waals surface area contributed by atoms with Gasteiger partial charge in [0, 0.05) is 36.3 Å². The molecular weight excluding hydrogens is 475 g/mol. The molecule has 184 valence electrons. The molecule has 9 heteroatoms. The minimum atomic E-state index is -4.53. The van der Waals surface area contributed by atoms with Crippen molar-refractivity contribution < 1.29 is 22.8 Å². The maximum atomic E-state index is 12.7. The number of carbonyl (C=O) groups is 2. The second kappa shape index (κ2) is 10.6. The number of nitrogens with zero attached hydrogens (tertiary/aromatic N) is 2. The lowest BCUT2D eigenvalue weighted by Gasteiger charge is -2.32. The number of aryl methyl sites for hydroxylation is 2. The summed E-state index contributed by atoms with van der Waals surface area (Å²) >= 11 is 1.67. The third-order valence-corrected chi connectivity index (χ3v) is 7.25. The number of alkyl halides is 3. The topological polar surface area (TPSA) is 62.3 Å². The first-order valence-electron chi connectivity index (χ1n) is 11.5. The molecule has 0 bridgehead atoms. The molecule has 1 aliphatic heterocycles. The lowest BCUT2D eigenvalue weighted by atomic mass is 9.89. The van der Waals surface area contributed by atoms with Crippen LogP contribution in [0, 0.1) is 6.92 Å². The van der Waals surface area contributed by atoms with Gasteiger partial charge in [-0.15, -0.1) is 11.3 Å². The van der Waals surface area contributed by atoms with Gasteiger partial charge in [0.15, 0.2) is 0 Å². The van der Waals surface area contributed by atoms with Crippen LogP contribution in [0.15, 0.2) is 54.0 Å². The number of nitrogens with one attached hydrogen (secondary N) is 1. The fourth-order valence-corrected chi connectivity index (χ4v) is 5.09. The summed E-state index contributed by atoms with van der Waals surface area (Å²) < 4.78 is 38.1. The molecule has 0 radical (unpaired) electrons. The summed E-state index contributed by atoms with van der Waals surface area (Å²) in [6.45, 7) is 3.08. The summed E-state index contributed by atoms with van der Waals surface area (Å²) in [5.41, 5.74) is 2.26. The molecule has 5 nitrogen and oxygen atoms in total. The van der Waals surface area contributed by atoms with Gasteiger partial charge in [-0.2, -0.15) is 13.2 Å². The van der Waals surface area contributed by atoms with Crippen molar-refractivity contribution in [3.8, 4) is 0 Å². The minimum Gasteiger partial charge on any atom is -0.339 e. The maximum absolute atomic E-state index is 12.7. The zero-order valence-electron chi connectivity index (χ0n) is 19.3. The van der Waals surface area contributed by atoms with Crippen molar-refractivity contribution >= 4 is 28.8 Å². The number of thiophene rings is 1. The highest BCUT2D eigenvalue weighted by Gasteiger charge is 2.32. The molecule has 35 heavy (non-hydrogen) atoms. The van der Waals surface area contributed by atoms with E-state index >= 15 is 0 Å². The Labute approximate surface area is 206 Å². The van der Waals surface area contributed by atoms with Crippen molar-refractivity contribution in [3.63, 3.8) is 0 Å². The molecule has 0 saturated carbocycles. The number of amides is 2. The molecule has 1 saturated heterocycles. The van der Waals surface area contributed by atoms with Crippen molar-refractivity contribution in [3.05, 3.63) is 81.3 Å². The maximum Gasteiger partial charge on any atom is 0.433 e. The number of rotatable bonds is 6. The van der Waals surface area contributed by atoms with Gasteiger partial charge in [-0.25, -0.2) is 0 Å². The molecule has 3 aromatic rings. The van der Waals surface area contributed by atoms with Crippen molar-refractivity contribution in [1.29, 1.82) is 0 Å². The van der Waals surface area contributed by atoms with E-state index in [-0.39, 0.29) is 23.3 Å². The third kappa shape index (κ3) is 6.48. The number of carbonyl (C=O) groups excluding carboxylic acids is 2. The van der Waals surface area contributed by atoms with Crippen molar-refractivity contribution in [2.75, 3.05) is 18.4 Å². The smallest absolute Gasteiger partial charge is 0.339 e. The number of hydrogen-bond acceptors (Lipinski definition) is 4. The van der Waals surface area contributed by atoms with Crippen LogP contribution in [0.1, 0.15) is 57.2 Å². The Morgan fingerprint density at radius 1 is 1.11 bits per heavy atom. The van der Waals surface area contributed by atoms with Crippen molar-refractivity contribution in [2.24, 2.45) is 0 Å². The zero-order valence-corrected chi connectivity index (χ0v) is 20.1. The first-order valence-corrected chi connectivity index (χ1v) is 12.3. The highest BCUT2D eigenvalue weighted by atomic mass is 32.1. The van der Waals surface area contributed by atoms with E-state index in [1.165, 1.54) is 16.5 Å². The lowest BCUT2D eigenvalue weighted by Crippen LogP contribution is -2.38. The van der Waals surface area contributed by atoms with Crippen molar-refractivity contribution in [1.82, 2.24) is 9.88 Å². The average Bonchev–Trinajstić information content (AvgIpc) is 3.27. The Morgan fingerprint density at radius 3 is 2.40 bits per heavy atom. The molecule has 3 heterocycles. The summed E-state index contributed by atoms with van der Waals surface area (Å²) in [6, 6.07) is 11.9. The SMILES string of the molecule is Cc1csc(CCC(=O)Nc2ccc(C3CCN(C(=O)c4ccc(C(F)(F)F)nc4)CC3)cc2)c1. The number of piperidine rings is 1. The Balaban J connectivity index is 1.26. The lowest BCUT2D eigenvalue weighted by molar-refractivity contribution is -0.141. The Morgan fingerprint density at radius 2 is 1.83 bits per heavy atom. The van der Waals surface area contributed by atoms with Crippen LogP contribution >= 0.6 is 11.3 Å². The molecule has 0 unspecified atom stereocenters. The Hall–Kier alpha value is -3.20. The molecule has 2 amide bonds. The highest BCUT2D eigenvalue weighted by molar-refractivity contribution is 7.10. The van der Waals surface area contributed by atoms with Gasteiger partial charge in [0.05, 0.1) is 5.56 Å². The minimum absolute atomic E-state index is 0.0200. The number of benzene rings is 1. The van der Waals surface area contributed by atoms with Gasteiger partial charge in [0.25, 0.3) is 5.91 Å². The second-order valence-corrected chi connectivity index (χ2v) is 9.75. The number of hydrogen-bond donors (Lipinski definition) is 1. The Bertz CT molecular complexity index is 1170. The predicted octanol–water partition coefficient (Wildman–Crippen LogP) is 6.06. The number of anilines is 1. The van der Waals surface area contributed by atoms with Crippen LogP contribution in [0.2, 0.25) is 0 Å². The van der Waals surface area contributed by atoms with Gasteiger partial charge >= 0.3 is 6.18 Å². The molecule has 1 aromatic carbocycles. The van der Waals surface area contributed by atoms with E-state index in [4.69, 9.17) is 0 Å². The van der Waals surface area contributed by atoms with E-state index in [1.54, 1.807) is 16.2 Å².